The van der Waals surface area contributed by atoms with E-state index < -0.39 is 0 Å². The lowest BCUT2D eigenvalue weighted by Crippen LogP contribution is -2.12. The average molecular weight is 354 g/mol. The van der Waals surface area contributed by atoms with Gasteiger partial charge in [0, 0.05) is 23.8 Å². The number of fused-ring (bicyclic) bond motifs is 1. The molecule has 132 valence electrons. The highest BCUT2D eigenvalue weighted by Gasteiger charge is 2.11. The Morgan fingerprint density at radius 3 is 2.74 bits per heavy atom. The number of carbonyl (C=O) groups excluding carboxylic acids is 1. The van der Waals surface area contributed by atoms with Crippen molar-refractivity contribution >= 4 is 29.4 Å². The molecule has 0 atom stereocenters. The summed E-state index contributed by atoms with van der Waals surface area (Å²) in [5.41, 5.74) is 4.75. The maximum atomic E-state index is 12.6. The number of carbonyl (C=O) groups is 1. The number of aryl methyl sites for hydroxylation is 1. The van der Waals surface area contributed by atoms with Crippen LogP contribution in [0.5, 0.6) is 0 Å². The van der Waals surface area contributed by atoms with E-state index in [2.05, 4.69) is 15.3 Å². The molecule has 1 aromatic carbocycles. The normalized spacial score (nSPS) is 11.1. The van der Waals surface area contributed by atoms with E-state index in [0.29, 0.717) is 5.69 Å². The summed E-state index contributed by atoms with van der Waals surface area (Å²) >= 11 is 0. The number of hydrogen-bond acceptors (Lipinski definition) is 3. The third-order valence-corrected chi connectivity index (χ3v) is 4.21. The van der Waals surface area contributed by atoms with Crippen molar-refractivity contribution in [1.82, 2.24) is 14.4 Å². The second-order valence-corrected chi connectivity index (χ2v) is 6.19. The van der Waals surface area contributed by atoms with Crippen molar-refractivity contribution in [3.63, 3.8) is 0 Å². The third kappa shape index (κ3) is 3.77. The number of benzene rings is 1. The van der Waals surface area contributed by atoms with Gasteiger partial charge in [-0.2, -0.15) is 0 Å². The Labute approximate surface area is 157 Å². The first kappa shape index (κ1) is 16.7. The fourth-order valence-electron chi connectivity index (χ4n) is 2.83. The standard InChI is InChI=1S/C22H18N4O/c1-16-6-4-10-21-25-20(15-26(16)21)22(27)24-19-9-5-7-17(14-19)11-12-18-8-2-3-13-23-18/h2-15H,1H3,(H,24,27)/b12-11+. The maximum absolute atomic E-state index is 12.6. The summed E-state index contributed by atoms with van der Waals surface area (Å²) < 4.78 is 1.90. The van der Waals surface area contributed by atoms with Crippen molar-refractivity contribution in [1.29, 1.82) is 0 Å². The molecule has 0 aliphatic carbocycles. The zero-order valence-electron chi connectivity index (χ0n) is 14.8. The molecule has 1 amide bonds. The van der Waals surface area contributed by atoms with Crippen LogP contribution < -0.4 is 5.32 Å². The molecule has 4 rings (SSSR count). The molecule has 0 aliphatic rings. The highest BCUT2D eigenvalue weighted by Crippen LogP contribution is 2.15. The Morgan fingerprint density at radius 1 is 1.04 bits per heavy atom. The van der Waals surface area contributed by atoms with Crippen LogP contribution in [0, 0.1) is 6.92 Å². The Bertz CT molecular complexity index is 1130. The number of anilines is 1. The first-order chi connectivity index (χ1) is 13.2. The van der Waals surface area contributed by atoms with Crippen molar-refractivity contribution in [3.8, 4) is 0 Å². The van der Waals surface area contributed by atoms with E-state index in [4.69, 9.17) is 0 Å². The second kappa shape index (κ2) is 7.25. The number of nitrogens with one attached hydrogen (secondary N) is 1. The van der Waals surface area contributed by atoms with Crippen LogP contribution in [0.1, 0.15) is 27.4 Å². The number of rotatable bonds is 4. The van der Waals surface area contributed by atoms with E-state index >= 15 is 0 Å². The molecular weight excluding hydrogens is 336 g/mol. The van der Waals surface area contributed by atoms with Gasteiger partial charge < -0.3 is 9.72 Å². The van der Waals surface area contributed by atoms with Crippen LogP contribution >= 0.6 is 0 Å². The number of pyridine rings is 2. The molecule has 27 heavy (non-hydrogen) atoms. The predicted octanol–water partition coefficient (Wildman–Crippen LogP) is 4.46. The van der Waals surface area contributed by atoms with Crippen molar-refractivity contribution in [3.05, 3.63) is 95.7 Å². The highest BCUT2D eigenvalue weighted by molar-refractivity contribution is 6.03. The van der Waals surface area contributed by atoms with E-state index in [-0.39, 0.29) is 5.91 Å². The van der Waals surface area contributed by atoms with E-state index in [1.54, 1.807) is 12.4 Å². The SMILES string of the molecule is Cc1cccc2nc(C(=O)Nc3cccc(/C=C/c4ccccn4)c3)cn12. The molecule has 0 aliphatic heterocycles. The summed E-state index contributed by atoms with van der Waals surface area (Å²) in [6.07, 6.45) is 7.41. The fraction of sp³-hybridized carbons (Fsp3) is 0.0455. The lowest BCUT2D eigenvalue weighted by molar-refractivity contribution is 0.102. The molecule has 5 heteroatoms. The summed E-state index contributed by atoms with van der Waals surface area (Å²) in [6, 6.07) is 19.2. The van der Waals surface area contributed by atoms with Crippen LogP contribution in [0.2, 0.25) is 0 Å². The topological polar surface area (TPSA) is 59.3 Å². The predicted molar refractivity (Wildman–Crippen MR) is 107 cm³/mol. The van der Waals surface area contributed by atoms with Crippen LogP contribution in [0.3, 0.4) is 0 Å². The van der Waals surface area contributed by atoms with Gasteiger partial charge in [-0.25, -0.2) is 4.98 Å². The van der Waals surface area contributed by atoms with E-state index in [1.165, 1.54) is 0 Å². The Morgan fingerprint density at radius 2 is 1.93 bits per heavy atom. The number of nitrogens with zero attached hydrogens (tertiary/aromatic N) is 3. The molecule has 3 aromatic heterocycles. The molecule has 0 spiro atoms. The van der Waals surface area contributed by atoms with Crippen molar-refractivity contribution < 1.29 is 4.79 Å². The van der Waals surface area contributed by atoms with Gasteiger partial charge in [0.1, 0.15) is 11.3 Å². The van der Waals surface area contributed by atoms with Crippen molar-refractivity contribution in [2.24, 2.45) is 0 Å². The minimum atomic E-state index is -0.232. The molecule has 0 unspecified atom stereocenters. The van der Waals surface area contributed by atoms with Gasteiger partial charge in [-0.1, -0.05) is 30.3 Å². The summed E-state index contributed by atoms with van der Waals surface area (Å²) in [6.45, 7) is 1.98. The molecule has 0 fully saturated rings. The first-order valence-electron chi connectivity index (χ1n) is 8.64. The number of amides is 1. The van der Waals surface area contributed by atoms with Gasteiger partial charge in [0.25, 0.3) is 5.91 Å². The zero-order chi connectivity index (χ0) is 18.6. The van der Waals surface area contributed by atoms with Gasteiger partial charge in [0.05, 0.1) is 5.69 Å². The van der Waals surface area contributed by atoms with Crippen molar-refractivity contribution in [2.75, 3.05) is 5.32 Å². The number of hydrogen-bond donors (Lipinski definition) is 1. The van der Waals surface area contributed by atoms with Crippen LogP contribution in [0.25, 0.3) is 17.8 Å². The summed E-state index contributed by atoms with van der Waals surface area (Å²) in [5.74, 6) is -0.232. The second-order valence-electron chi connectivity index (χ2n) is 6.19. The molecule has 3 heterocycles. The van der Waals surface area contributed by atoms with Crippen LogP contribution in [-0.2, 0) is 0 Å². The minimum absolute atomic E-state index is 0.232. The Hall–Kier alpha value is -3.73. The molecular formula is C22H18N4O. The van der Waals surface area contributed by atoms with Crippen molar-refractivity contribution in [2.45, 2.75) is 6.92 Å². The van der Waals surface area contributed by atoms with Gasteiger partial charge >= 0.3 is 0 Å². The number of imidazole rings is 1. The van der Waals surface area contributed by atoms with Gasteiger partial charge in [0.15, 0.2) is 0 Å². The maximum Gasteiger partial charge on any atom is 0.275 e. The molecule has 5 nitrogen and oxygen atoms in total. The third-order valence-electron chi connectivity index (χ3n) is 4.21. The molecule has 0 saturated heterocycles. The lowest BCUT2D eigenvalue weighted by atomic mass is 10.1. The summed E-state index contributed by atoms with van der Waals surface area (Å²) in [4.78, 5) is 21.2. The molecule has 0 bridgehead atoms. The van der Waals surface area contributed by atoms with Crippen LogP contribution in [-0.4, -0.2) is 20.3 Å². The average Bonchev–Trinajstić information content (AvgIpc) is 3.14. The monoisotopic (exact) mass is 354 g/mol. The van der Waals surface area contributed by atoms with Gasteiger partial charge in [-0.05, 0) is 55.0 Å². The zero-order valence-corrected chi connectivity index (χ0v) is 14.8. The quantitative estimate of drug-likeness (QED) is 0.589. The van der Waals surface area contributed by atoms with E-state index in [1.807, 2.05) is 84.1 Å². The fourth-order valence-corrected chi connectivity index (χ4v) is 2.83. The van der Waals surface area contributed by atoms with E-state index in [0.717, 1.165) is 28.3 Å². The smallest absolute Gasteiger partial charge is 0.275 e. The lowest BCUT2D eigenvalue weighted by Gasteiger charge is -2.04. The van der Waals surface area contributed by atoms with Crippen LogP contribution in [0.15, 0.2) is 73.1 Å². The molecule has 0 radical (unpaired) electrons. The largest absolute Gasteiger partial charge is 0.321 e. The highest BCUT2D eigenvalue weighted by atomic mass is 16.1. The van der Waals surface area contributed by atoms with Gasteiger partial charge in [-0.3, -0.25) is 9.78 Å². The minimum Gasteiger partial charge on any atom is -0.321 e. The Kier molecular flexibility index (Phi) is 4.49. The van der Waals surface area contributed by atoms with E-state index in [9.17, 15) is 4.79 Å². The molecule has 0 saturated carbocycles. The van der Waals surface area contributed by atoms with Crippen LogP contribution in [0.4, 0.5) is 5.69 Å². The summed E-state index contributed by atoms with van der Waals surface area (Å²) in [5, 5.41) is 2.91. The van der Waals surface area contributed by atoms with Gasteiger partial charge in [0.2, 0.25) is 0 Å². The molecule has 1 N–H and O–H groups in total. The molecule has 4 aromatic rings. The van der Waals surface area contributed by atoms with Gasteiger partial charge in [-0.15, -0.1) is 0 Å². The summed E-state index contributed by atoms with van der Waals surface area (Å²) in [7, 11) is 0. The Balaban J connectivity index is 1.52. The first-order valence-corrected chi connectivity index (χ1v) is 8.64. The number of aromatic nitrogens is 3.